The average molecular weight is 226 g/mol. The Balaban J connectivity index is 1.93. The van der Waals surface area contributed by atoms with E-state index in [1.54, 1.807) is 18.6 Å². The third kappa shape index (κ3) is 1.82. The predicted molar refractivity (Wildman–Crippen MR) is 67.6 cm³/mol. The summed E-state index contributed by atoms with van der Waals surface area (Å²) in [6.45, 7) is 1.79. The van der Waals surface area contributed by atoms with Crippen LogP contribution in [0, 0.1) is 0 Å². The molecular weight excluding hydrogens is 212 g/mol. The maximum absolute atomic E-state index is 6.02. The zero-order valence-electron chi connectivity index (χ0n) is 9.50. The molecule has 0 fully saturated rings. The zero-order chi connectivity index (χ0) is 11.7. The Bertz CT molecular complexity index is 524. The number of nitrogens with zero attached hydrogens (tertiary/aromatic N) is 3. The molecule has 0 saturated carbocycles. The topological polar surface area (TPSA) is 55.0 Å². The van der Waals surface area contributed by atoms with Gasteiger partial charge in [0, 0.05) is 31.2 Å². The average Bonchev–Trinajstić information content (AvgIpc) is 2.40. The van der Waals surface area contributed by atoms with Crippen LogP contribution in [0.4, 0.5) is 11.5 Å². The first-order valence-electron chi connectivity index (χ1n) is 5.72. The second-order valence-corrected chi connectivity index (χ2v) is 4.22. The minimum Gasteiger partial charge on any atom is -0.398 e. The molecular formula is C13H14N4. The van der Waals surface area contributed by atoms with Crippen LogP contribution in [0.15, 0.2) is 36.8 Å². The normalized spacial score (nSPS) is 14.5. The van der Waals surface area contributed by atoms with Crippen molar-refractivity contribution in [3.63, 3.8) is 0 Å². The summed E-state index contributed by atoms with van der Waals surface area (Å²) in [6.07, 6.45) is 6.22. The minimum absolute atomic E-state index is 0.820. The molecule has 1 aliphatic rings. The number of anilines is 2. The molecule has 2 aromatic rings. The Labute approximate surface area is 100 Å². The fourth-order valence-corrected chi connectivity index (χ4v) is 2.26. The van der Waals surface area contributed by atoms with E-state index < -0.39 is 0 Å². The van der Waals surface area contributed by atoms with E-state index in [1.165, 1.54) is 11.1 Å². The van der Waals surface area contributed by atoms with Crippen LogP contribution in [0.5, 0.6) is 0 Å². The molecule has 1 aliphatic heterocycles. The first kappa shape index (κ1) is 10.1. The molecule has 0 amide bonds. The number of nitrogen functional groups attached to an aromatic ring is 1. The molecule has 0 atom stereocenters. The summed E-state index contributed by atoms with van der Waals surface area (Å²) in [4.78, 5) is 10.6. The molecule has 0 aliphatic carbocycles. The molecule has 4 nitrogen and oxygen atoms in total. The summed E-state index contributed by atoms with van der Waals surface area (Å²) in [6, 6.07) is 6.13. The maximum Gasteiger partial charge on any atom is 0.147 e. The highest BCUT2D eigenvalue weighted by molar-refractivity contribution is 5.55. The van der Waals surface area contributed by atoms with E-state index in [9.17, 15) is 0 Å². The highest BCUT2D eigenvalue weighted by Gasteiger charge is 2.18. The predicted octanol–water partition coefficient (Wildman–Crippen LogP) is 1.62. The number of fused-ring (bicyclic) bond motifs is 1. The second-order valence-electron chi connectivity index (χ2n) is 4.22. The lowest BCUT2D eigenvalue weighted by molar-refractivity contribution is 0.720. The highest BCUT2D eigenvalue weighted by Crippen LogP contribution is 2.26. The Morgan fingerprint density at radius 2 is 2.18 bits per heavy atom. The molecule has 0 radical (unpaired) electrons. The van der Waals surface area contributed by atoms with Crippen molar-refractivity contribution in [3.8, 4) is 0 Å². The summed E-state index contributed by atoms with van der Waals surface area (Å²) in [5.74, 6) is 0.918. The Kier molecular flexibility index (Phi) is 2.40. The zero-order valence-corrected chi connectivity index (χ0v) is 9.50. The Morgan fingerprint density at radius 3 is 3.00 bits per heavy atom. The first-order valence-corrected chi connectivity index (χ1v) is 5.72. The molecule has 0 bridgehead atoms. The molecule has 2 heterocycles. The number of aromatic nitrogens is 2. The number of nitrogens with two attached hydrogens (primary N) is 1. The number of hydrogen-bond acceptors (Lipinski definition) is 4. The van der Waals surface area contributed by atoms with Crippen LogP contribution in [0.2, 0.25) is 0 Å². The lowest BCUT2D eigenvalue weighted by Gasteiger charge is -2.30. The van der Waals surface area contributed by atoms with Crippen molar-refractivity contribution in [2.45, 2.75) is 13.0 Å². The monoisotopic (exact) mass is 226 g/mol. The van der Waals surface area contributed by atoms with Crippen molar-refractivity contribution < 1.29 is 0 Å². The van der Waals surface area contributed by atoms with Crippen LogP contribution in [0.1, 0.15) is 11.1 Å². The van der Waals surface area contributed by atoms with Crippen LogP contribution in [-0.4, -0.2) is 16.5 Å². The summed E-state index contributed by atoms with van der Waals surface area (Å²) in [5.41, 5.74) is 9.47. The van der Waals surface area contributed by atoms with Crippen molar-refractivity contribution in [1.82, 2.24) is 9.97 Å². The quantitative estimate of drug-likeness (QED) is 0.751. The van der Waals surface area contributed by atoms with Gasteiger partial charge in [0.15, 0.2) is 0 Å². The smallest absolute Gasteiger partial charge is 0.147 e. The Hall–Kier alpha value is -2.10. The third-order valence-electron chi connectivity index (χ3n) is 3.18. The summed E-state index contributed by atoms with van der Waals surface area (Å²) >= 11 is 0. The SMILES string of the molecule is Nc1cccc2c1CN(c1cnccn1)CC2. The van der Waals surface area contributed by atoms with E-state index in [0.717, 1.165) is 31.0 Å². The lowest BCUT2D eigenvalue weighted by atomic mass is 9.98. The van der Waals surface area contributed by atoms with Crippen LogP contribution in [0.3, 0.4) is 0 Å². The molecule has 0 spiro atoms. The van der Waals surface area contributed by atoms with Gasteiger partial charge < -0.3 is 10.6 Å². The van der Waals surface area contributed by atoms with Crippen molar-refractivity contribution in [2.75, 3.05) is 17.2 Å². The summed E-state index contributed by atoms with van der Waals surface area (Å²) in [7, 11) is 0. The van der Waals surface area contributed by atoms with Crippen LogP contribution >= 0.6 is 0 Å². The van der Waals surface area contributed by atoms with Crippen molar-refractivity contribution in [1.29, 1.82) is 0 Å². The van der Waals surface area contributed by atoms with Gasteiger partial charge in [0.1, 0.15) is 5.82 Å². The van der Waals surface area contributed by atoms with E-state index in [1.807, 2.05) is 12.1 Å². The molecule has 1 aromatic heterocycles. The van der Waals surface area contributed by atoms with E-state index in [2.05, 4.69) is 20.9 Å². The van der Waals surface area contributed by atoms with E-state index in [-0.39, 0.29) is 0 Å². The standard InChI is InChI=1S/C13H14N4/c14-12-3-1-2-10-4-7-17(9-11(10)12)13-8-15-5-6-16-13/h1-3,5-6,8H,4,7,9,14H2. The summed E-state index contributed by atoms with van der Waals surface area (Å²) in [5, 5.41) is 0. The molecule has 4 heteroatoms. The van der Waals surface area contributed by atoms with Crippen LogP contribution in [0.25, 0.3) is 0 Å². The first-order chi connectivity index (χ1) is 8.34. The Morgan fingerprint density at radius 1 is 1.24 bits per heavy atom. The fraction of sp³-hybridized carbons (Fsp3) is 0.231. The largest absolute Gasteiger partial charge is 0.398 e. The molecule has 3 rings (SSSR count). The van der Waals surface area contributed by atoms with Crippen LogP contribution < -0.4 is 10.6 Å². The van der Waals surface area contributed by atoms with Gasteiger partial charge in [-0.15, -0.1) is 0 Å². The maximum atomic E-state index is 6.02. The van der Waals surface area contributed by atoms with Gasteiger partial charge in [0.2, 0.25) is 0 Å². The van der Waals surface area contributed by atoms with Gasteiger partial charge in [0.05, 0.1) is 6.20 Å². The van der Waals surface area contributed by atoms with Crippen molar-refractivity contribution in [3.05, 3.63) is 47.9 Å². The van der Waals surface area contributed by atoms with E-state index in [4.69, 9.17) is 5.73 Å². The van der Waals surface area contributed by atoms with Gasteiger partial charge in [-0.1, -0.05) is 12.1 Å². The van der Waals surface area contributed by atoms with Crippen molar-refractivity contribution in [2.24, 2.45) is 0 Å². The van der Waals surface area contributed by atoms with Gasteiger partial charge in [0.25, 0.3) is 0 Å². The molecule has 0 unspecified atom stereocenters. The van der Waals surface area contributed by atoms with Gasteiger partial charge in [-0.05, 0) is 23.6 Å². The van der Waals surface area contributed by atoms with Gasteiger partial charge in [-0.2, -0.15) is 0 Å². The second kappa shape index (κ2) is 4.05. The minimum atomic E-state index is 0.820. The highest BCUT2D eigenvalue weighted by atomic mass is 15.2. The molecule has 2 N–H and O–H groups in total. The van der Waals surface area contributed by atoms with Crippen molar-refractivity contribution >= 4 is 11.5 Å². The molecule has 1 aromatic carbocycles. The summed E-state index contributed by atoms with van der Waals surface area (Å²) < 4.78 is 0. The van der Waals surface area contributed by atoms with E-state index >= 15 is 0 Å². The number of hydrogen-bond donors (Lipinski definition) is 1. The molecule has 17 heavy (non-hydrogen) atoms. The lowest BCUT2D eigenvalue weighted by Crippen LogP contribution is -2.31. The molecule has 0 saturated heterocycles. The fourth-order valence-electron chi connectivity index (χ4n) is 2.26. The number of rotatable bonds is 1. The third-order valence-corrected chi connectivity index (χ3v) is 3.18. The van der Waals surface area contributed by atoms with Crippen LogP contribution in [-0.2, 0) is 13.0 Å². The van der Waals surface area contributed by atoms with Gasteiger partial charge >= 0.3 is 0 Å². The number of benzene rings is 1. The molecule has 86 valence electrons. The van der Waals surface area contributed by atoms with Gasteiger partial charge in [-0.25, -0.2) is 4.98 Å². The van der Waals surface area contributed by atoms with E-state index in [0.29, 0.717) is 0 Å². The van der Waals surface area contributed by atoms with Gasteiger partial charge in [-0.3, -0.25) is 4.98 Å².